The average Bonchev–Trinajstić information content (AvgIpc) is 2.68. The van der Waals surface area contributed by atoms with Crippen molar-refractivity contribution in [1.29, 1.82) is 0 Å². The molecule has 2 aliphatic rings. The monoisotopic (exact) mass is 372 g/mol. The standard InChI is InChI=1S/C21H32N4O2/c1-4-20(26)22-17-5-6-19(24-9-7-16(2)8-10-24)18(15-17)21(27)25-13-11-23(3)12-14-25/h5-6,15-16H,4,7-14H2,1-3H3,(H,22,26). The van der Waals surface area contributed by atoms with Crippen molar-refractivity contribution in [3.63, 3.8) is 0 Å². The number of carbonyl (C=O) groups is 2. The van der Waals surface area contributed by atoms with Gasteiger partial charge in [-0.15, -0.1) is 0 Å². The van der Waals surface area contributed by atoms with Crippen LogP contribution in [0.3, 0.4) is 0 Å². The molecule has 1 N–H and O–H groups in total. The quantitative estimate of drug-likeness (QED) is 0.883. The van der Waals surface area contributed by atoms with Gasteiger partial charge >= 0.3 is 0 Å². The van der Waals surface area contributed by atoms with Crippen molar-refractivity contribution in [1.82, 2.24) is 9.80 Å². The van der Waals surface area contributed by atoms with Gasteiger partial charge in [0.05, 0.1) is 5.56 Å². The normalized spacial score (nSPS) is 19.2. The van der Waals surface area contributed by atoms with Gasteiger partial charge in [0.2, 0.25) is 5.91 Å². The molecule has 0 atom stereocenters. The van der Waals surface area contributed by atoms with E-state index in [-0.39, 0.29) is 11.8 Å². The fourth-order valence-electron chi connectivity index (χ4n) is 3.74. The van der Waals surface area contributed by atoms with Crippen LogP contribution in [-0.2, 0) is 4.79 Å². The van der Waals surface area contributed by atoms with E-state index in [9.17, 15) is 9.59 Å². The van der Waals surface area contributed by atoms with Gasteiger partial charge in [-0.25, -0.2) is 0 Å². The fourth-order valence-corrected chi connectivity index (χ4v) is 3.74. The van der Waals surface area contributed by atoms with E-state index in [0.29, 0.717) is 17.7 Å². The second kappa shape index (κ2) is 8.74. The molecule has 3 rings (SSSR count). The minimum atomic E-state index is -0.0347. The van der Waals surface area contributed by atoms with E-state index < -0.39 is 0 Å². The Morgan fingerprint density at radius 3 is 2.37 bits per heavy atom. The molecule has 2 fully saturated rings. The molecule has 0 bridgehead atoms. The molecule has 6 heteroatoms. The van der Waals surface area contributed by atoms with E-state index in [1.165, 1.54) is 0 Å². The molecule has 0 saturated carbocycles. The number of rotatable bonds is 4. The van der Waals surface area contributed by atoms with Gasteiger partial charge in [-0.3, -0.25) is 9.59 Å². The first-order valence-electron chi connectivity index (χ1n) is 10.1. The third kappa shape index (κ3) is 4.80. The maximum atomic E-state index is 13.3. The summed E-state index contributed by atoms with van der Waals surface area (Å²) in [5, 5.41) is 2.90. The Morgan fingerprint density at radius 1 is 1.07 bits per heavy atom. The molecule has 0 aromatic heterocycles. The van der Waals surface area contributed by atoms with Crippen LogP contribution in [0.5, 0.6) is 0 Å². The Hall–Kier alpha value is -2.08. The van der Waals surface area contributed by atoms with E-state index in [2.05, 4.69) is 29.1 Å². The molecule has 2 amide bonds. The van der Waals surface area contributed by atoms with E-state index in [1.807, 2.05) is 30.0 Å². The SMILES string of the molecule is CCC(=O)Nc1ccc(N2CCC(C)CC2)c(C(=O)N2CCN(C)CC2)c1. The zero-order valence-electron chi connectivity index (χ0n) is 16.8. The highest BCUT2D eigenvalue weighted by Gasteiger charge is 2.26. The summed E-state index contributed by atoms with van der Waals surface area (Å²) in [5.74, 6) is 0.776. The molecule has 2 saturated heterocycles. The van der Waals surface area contributed by atoms with Gasteiger partial charge in [-0.1, -0.05) is 13.8 Å². The summed E-state index contributed by atoms with van der Waals surface area (Å²) in [5.41, 5.74) is 2.41. The molecule has 1 aromatic carbocycles. The minimum absolute atomic E-state index is 0.0347. The first kappa shape index (κ1) is 19.7. The predicted octanol–water partition coefficient (Wildman–Crippen LogP) is 2.66. The van der Waals surface area contributed by atoms with E-state index in [0.717, 1.165) is 63.7 Å². The van der Waals surface area contributed by atoms with Gasteiger partial charge in [-0.2, -0.15) is 0 Å². The van der Waals surface area contributed by atoms with Crippen molar-refractivity contribution in [3.05, 3.63) is 23.8 Å². The fraction of sp³-hybridized carbons (Fsp3) is 0.619. The molecule has 0 unspecified atom stereocenters. The molecule has 0 spiro atoms. The molecule has 1 aromatic rings. The highest BCUT2D eigenvalue weighted by molar-refractivity contribution is 6.02. The maximum absolute atomic E-state index is 13.3. The van der Waals surface area contributed by atoms with Crippen LogP contribution in [0, 0.1) is 5.92 Å². The second-order valence-electron chi connectivity index (χ2n) is 7.90. The van der Waals surface area contributed by atoms with Crippen molar-refractivity contribution in [2.45, 2.75) is 33.1 Å². The summed E-state index contributed by atoms with van der Waals surface area (Å²) in [4.78, 5) is 31.6. The van der Waals surface area contributed by atoms with Gasteiger partial charge in [0.1, 0.15) is 0 Å². The molecule has 148 valence electrons. The van der Waals surface area contributed by atoms with Gasteiger partial charge in [0, 0.05) is 57.1 Å². The van der Waals surface area contributed by atoms with E-state index in [1.54, 1.807) is 0 Å². The molecule has 2 aliphatic heterocycles. The van der Waals surface area contributed by atoms with Crippen LogP contribution in [0.1, 0.15) is 43.5 Å². The van der Waals surface area contributed by atoms with E-state index in [4.69, 9.17) is 0 Å². The average molecular weight is 373 g/mol. The first-order valence-corrected chi connectivity index (χ1v) is 10.1. The lowest BCUT2D eigenvalue weighted by Gasteiger charge is -2.36. The van der Waals surface area contributed by atoms with Crippen molar-refractivity contribution < 1.29 is 9.59 Å². The summed E-state index contributed by atoms with van der Waals surface area (Å²) in [6.45, 7) is 9.36. The number of hydrogen-bond acceptors (Lipinski definition) is 4. The van der Waals surface area contributed by atoms with Crippen molar-refractivity contribution in [3.8, 4) is 0 Å². The Morgan fingerprint density at radius 2 is 1.74 bits per heavy atom. The number of anilines is 2. The van der Waals surface area contributed by atoms with Crippen LogP contribution in [-0.4, -0.2) is 67.9 Å². The number of piperazine rings is 1. The van der Waals surface area contributed by atoms with Gasteiger partial charge < -0.3 is 20.0 Å². The highest BCUT2D eigenvalue weighted by Crippen LogP contribution is 2.30. The number of benzene rings is 1. The summed E-state index contributed by atoms with van der Waals surface area (Å²) < 4.78 is 0. The number of nitrogens with zero attached hydrogens (tertiary/aromatic N) is 3. The zero-order chi connectivity index (χ0) is 19.4. The van der Waals surface area contributed by atoms with Crippen molar-refractivity contribution >= 4 is 23.2 Å². The van der Waals surface area contributed by atoms with Crippen LogP contribution in [0.4, 0.5) is 11.4 Å². The third-order valence-electron chi connectivity index (χ3n) is 5.75. The summed E-state index contributed by atoms with van der Waals surface area (Å²) in [6.07, 6.45) is 2.72. The minimum Gasteiger partial charge on any atom is -0.371 e. The Balaban J connectivity index is 1.87. The zero-order valence-corrected chi connectivity index (χ0v) is 16.8. The summed E-state index contributed by atoms with van der Waals surface area (Å²) >= 11 is 0. The number of amides is 2. The Kier molecular flexibility index (Phi) is 6.37. The smallest absolute Gasteiger partial charge is 0.256 e. The Bertz CT molecular complexity index is 675. The predicted molar refractivity (Wildman–Crippen MR) is 109 cm³/mol. The topological polar surface area (TPSA) is 55.9 Å². The number of nitrogens with one attached hydrogen (secondary N) is 1. The summed E-state index contributed by atoms with van der Waals surface area (Å²) in [6, 6.07) is 5.79. The van der Waals surface area contributed by atoms with Gasteiger partial charge in [-0.05, 0) is 44.0 Å². The molecular weight excluding hydrogens is 340 g/mol. The Labute approximate surface area is 162 Å². The molecule has 2 heterocycles. The molecule has 0 radical (unpaired) electrons. The van der Waals surface area contributed by atoms with Crippen LogP contribution < -0.4 is 10.2 Å². The lowest BCUT2D eigenvalue weighted by atomic mass is 9.97. The van der Waals surface area contributed by atoms with Crippen molar-refractivity contribution in [2.75, 3.05) is 56.5 Å². The largest absolute Gasteiger partial charge is 0.371 e. The number of piperidine rings is 1. The van der Waals surface area contributed by atoms with Gasteiger partial charge in [0.15, 0.2) is 0 Å². The third-order valence-corrected chi connectivity index (χ3v) is 5.75. The maximum Gasteiger partial charge on any atom is 0.256 e. The lowest BCUT2D eigenvalue weighted by Crippen LogP contribution is -2.47. The second-order valence-corrected chi connectivity index (χ2v) is 7.90. The summed E-state index contributed by atoms with van der Waals surface area (Å²) in [7, 11) is 2.09. The first-order chi connectivity index (χ1) is 13.0. The van der Waals surface area contributed by atoms with Crippen LogP contribution >= 0.6 is 0 Å². The molecule has 27 heavy (non-hydrogen) atoms. The van der Waals surface area contributed by atoms with Crippen LogP contribution in [0.25, 0.3) is 0 Å². The lowest BCUT2D eigenvalue weighted by molar-refractivity contribution is -0.115. The number of likely N-dealkylation sites (N-methyl/N-ethyl adjacent to an activating group) is 1. The highest BCUT2D eigenvalue weighted by atomic mass is 16.2. The van der Waals surface area contributed by atoms with Crippen LogP contribution in [0.15, 0.2) is 18.2 Å². The number of hydrogen-bond donors (Lipinski definition) is 1. The molecular formula is C21H32N4O2. The van der Waals surface area contributed by atoms with Gasteiger partial charge in [0.25, 0.3) is 5.91 Å². The number of carbonyl (C=O) groups excluding carboxylic acids is 2. The molecule has 6 nitrogen and oxygen atoms in total. The van der Waals surface area contributed by atoms with Crippen molar-refractivity contribution in [2.24, 2.45) is 5.92 Å². The van der Waals surface area contributed by atoms with E-state index >= 15 is 0 Å². The van der Waals surface area contributed by atoms with Crippen LogP contribution in [0.2, 0.25) is 0 Å². The molecule has 0 aliphatic carbocycles.